The van der Waals surface area contributed by atoms with Gasteiger partial charge in [-0.2, -0.15) is 0 Å². The van der Waals surface area contributed by atoms with Gasteiger partial charge in [0.1, 0.15) is 0 Å². The molecule has 94 valence electrons. The molecule has 1 aromatic rings. The third-order valence-electron chi connectivity index (χ3n) is 3.46. The maximum absolute atomic E-state index is 4.30. The van der Waals surface area contributed by atoms with E-state index < -0.39 is 0 Å². The lowest BCUT2D eigenvalue weighted by molar-refractivity contribution is 0.371. The molecule has 0 bridgehead atoms. The average molecular weight is 233 g/mol. The molecule has 17 heavy (non-hydrogen) atoms. The molecule has 2 heterocycles. The zero-order valence-corrected chi connectivity index (χ0v) is 10.9. The summed E-state index contributed by atoms with van der Waals surface area (Å²) in [7, 11) is 0. The number of hydrogen-bond acceptors (Lipinski definition) is 3. The Morgan fingerprint density at radius 2 is 2.41 bits per heavy atom. The van der Waals surface area contributed by atoms with Crippen LogP contribution in [0.4, 0.5) is 5.69 Å². The maximum atomic E-state index is 4.30. The minimum Gasteiger partial charge on any atom is -0.381 e. The molecule has 0 saturated carbocycles. The molecule has 2 rings (SSSR count). The van der Waals surface area contributed by atoms with Crippen LogP contribution in [0, 0.1) is 6.92 Å². The molecular weight excluding hydrogens is 210 g/mol. The summed E-state index contributed by atoms with van der Waals surface area (Å²) in [5.41, 5.74) is 2.24. The summed E-state index contributed by atoms with van der Waals surface area (Å²) in [6, 6.07) is 5.27. The summed E-state index contributed by atoms with van der Waals surface area (Å²) in [5, 5.41) is 7.15. The van der Waals surface area contributed by atoms with Crippen LogP contribution in [0.5, 0.6) is 0 Å². The van der Waals surface area contributed by atoms with Crippen LogP contribution in [-0.2, 0) is 0 Å². The van der Waals surface area contributed by atoms with E-state index in [-0.39, 0.29) is 0 Å². The van der Waals surface area contributed by atoms with Crippen LogP contribution in [0.25, 0.3) is 0 Å². The first-order valence-corrected chi connectivity index (χ1v) is 6.67. The van der Waals surface area contributed by atoms with E-state index in [2.05, 4.69) is 28.6 Å². The normalized spacial score (nSPS) is 22.1. The van der Waals surface area contributed by atoms with Crippen molar-refractivity contribution in [1.82, 2.24) is 10.3 Å². The van der Waals surface area contributed by atoms with Gasteiger partial charge < -0.3 is 10.6 Å². The molecule has 0 radical (unpaired) electrons. The standard InChI is InChI=1S/C14H23N3/c1-11(10-13-6-3-4-8-16-13)17-14-7-5-9-15-12(14)2/h5,7,9,11,13,16-17H,3-4,6,8,10H2,1-2H3. The number of rotatable bonds is 4. The van der Waals surface area contributed by atoms with Gasteiger partial charge in [0, 0.05) is 18.3 Å². The Morgan fingerprint density at radius 3 is 3.12 bits per heavy atom. The van der Waals surface area contributed by atoms with Gasteiger partial charge in [-0.3, -0.25) is 4.98 Å². The third-order valence-corrected chi connectivity index (χ3v) is 3.46. The Morgan fingerprint density at radius 1 is 1.53 bits per heavy atom. The minimum absolute atomic E-state index is 0.494. The Bertz CT molecular complexity index is 345. The highest BCUT2D eigenvalue weighted by molar-refractivity contribution is 5.47. The first-order valence-electron chi connectivity index (χ1n) is 6.67. The summed E-state index contributed by atoms with van der Waals surface area (Å²) in [6.45, 7) is 5.49. The molecule has 2 atom stereocenters. The number of nitrogens with zero attached hydrogens (tertiary/aromatic N) is 1. The number of nitrogens with one attached hydrogen (secondary N) is 2. The summed E-state index contributed by atoms with van der Waals surface area (Å²) >= 11 is 0. The van der Waals surface area contributed by atoms with Crippen molar-refractivity contribution in [2.75, 3.05) is 11.9 Å². The molecule has 0 spiro atoms. The maximum Gasteiger partial charge on any atom is 0.0603 e. The molecule has 0 aromatic carbocycles. The van der Waals surface area contributed by atoms with Crippen molar-refractivity contribution in [2.45, 2.75) is 51.6 Å². The SMILES string of the molecule is Cc1ncccc1NC(C)CC1CCCCN1. The number of piperidine rings is 1. The number of pyridine rings is 1. The molecule has 2 N–H and O–H groups in total. The van der Waals surface area contributed by atoms with Gasteiger partial charge in [-0.1, -0.05) is 6.42 Å². The van der Waals surface area contributed by atoms with E-state index >= 15 is 0 Å². The number of aromatic nitrogens is 1. The quantitative estimate of drug-likeness (QED) is 0.839. The van der Waals surface area contributed by atoms with Crippen LogP contribution >= 0.6 is 0 Å². The molecule has 1 saturated heterocycles. The van der Waals surface area contributed by atoms with Gasteiger partial charge in [-0.25, -0.2) is 0 Å². The highest BCUT2D eigenvalue weighted by atomic mass is 15.0. The fourth-order valence-electron chi connectivity index (χ4n) is 2.51. The van der Waals surface area contributed by atoms with Gasteiger partial charge in [0.15, 0.2) is 0 Å². The van der Waals surface area contributed by atoms with E-state index in [0.29, 0.717) is 12.1 Å². The molecule has 3 nitrogen and oxygen atoms in total. The molecule has 2 unspecified atom stereocenters. The van der Waals surface area contributed by atoms with E-state index in [1.54, 1.807) is 0 Å². The zero-order valence-electron chi connectivity index (χ0n) is 10.9. The van der Waals surface area contributed by atoms with Gasteiger partial charge in [-0.15, -0.1) is 0 Å². The number of anilines is 1. The van der Waals surface area contributed by atoms with Crippen LogP contribution in [0.1, 0.15) is 38.3 Å². The lowest BCUT2D eigenvalue weighted by atomic mass is 9.98. The number of aryl methyl sites for hydroxylation is 1. The smallest absolute Gasteiger partial charge is 0.0603 e. The van der Waals surface area contributed by atoms with Crippen molar-refractivity contribution in [3.63, 3.8) is 0 Å². The molecule has 3 heteroatoms. The topological polar surface area (TPSA) is 37.0 Å². The lowest BCUT2D eigenvalue weighted by Crippen LogP contribution is -2.37. The first-order chi connectivity index (χ1) is 8.25. The fourth-order valence-corrected chi connectivity index (χ4v) is 2.51. The Balaban J connectivity index is 1.84. The van der Waals surface area contributed by atoms with Crippen molar-refractivity contribution in [1.29, 1.82) is 0 Å². The largest absolute Gasteiger partial charge is 0.381 e. The second-order valence-corrected chi connectivity index (χ2v) is 5.06. The average Bonchev–Trinajstić information content (AvgIpc) is 2.33. The van der Waals surface area contributed by atoms with Crippen molar-refractivity contribution >= 4 is 5.69 Å². The van der Waals surface area contributed by atoms with Gasteiger partial charge in [0.05, 0.1) is 11.4 Å². The van der Waals surface area contributed by atoms with Crippen molar-refractivity contribution in [3.8, 4) is 0 Å². The van der Waals surface area contributed by atoms with Crippen LogP contribution in [0.15, 0.2) is 18.3 Å². The molecule has 1 fully saturated rings. The Labute approximate surface area is 104 Å². The zero-order chi connectivity index (χ0) is 12.1. The van der Waals surface area contributed by atoms with Crippen LogP contribution in [0.2, 0.25) is 0 Å². The predicted molar refractivity (Wildman–Crippen MR) is 72.3 cm³/mol. The van der Waals surface area contributed by atoms with Crippen LogP contribution in [0.3, 0.4) is 0 Å². The Kier molecular flexibility index (Phi) is 4.37. The number of hydrogen-bond donors (Lipinski definition) is 2. The van der Waals surface area contributed by atoms with E-state index in [1.165, 1.54) is 32.2 Å². The summed E-state index contributed by atoms with van der Waals surface area (Å²) < 4.78 is 0. The summed E-state index contributed by atoms with van der Waals surface area (Å²) in [6.07, 6.45) is 7.05. The highest BCUT2D eigenvalue weighted by Crippen LogP contribution is 2.16. The highest BCUT2D eigenvalue weighted by Gasteiger charge is 2.15. The van der Waals surface area contributed by atoms with Crippen LogP contribution in [-0.4, -0.2) is 23.6 Å². The third kappa shape index (κ3) is 3.70. The summed E-state index contributed by atoms with van der Waals surface area (Å²) in [4.78, 5) is 4.30. The van der Waals surface area contributed by atoms with Gasteiger partial charge >= 0.3 is 0 Å². The van der Waals surface area contributed by atoms with Crippen molar-refractivity contribution in [2.24, 2.45) is 0 Å². The minimum atomic E-state index is 0.494. The van der Waals surface area contributed by atoms with Crippen LogP contribution < -0.4 is 10.6 Å². The van der Waals surface area contributed by atoms with Crippen molar-refractivity contribution < 1.29 is 0 Å². The van der Waals surface area contributed by atoms with Gasteiger partial charge in [0.25, 0.3) is 0 Å². The second-order valence-electron chi connectivity index (χ2n) is 5.06. The molecule has 1 aromatic heterocycles. The lowest BCUT2D eigenvalue weighted by Gasteiger charge is -2.27. The van der Waals surface area contributed by atoms with Gasteiger partial charge in [-0.05, 0) is 51.8 Å². The molecule has 1 aliphatic rings. The van der Waals surface area contributed by atoms with Crippen molar-refractivity contribution in [3.05, 3.63) is 24.0 Å². The molecular formula is C14H23N3. The summed E-state index contributed by atoms with van der Waals surface area (Å²) in [5.74, 6) is 0. The predicted octanol–water partition coefficient (Wildman–Crippen LogP) is 2.72. The van der Waals surface area contributed by atoms with E-state index in [4.69, 9.17) is 0 Å². The van der Waals surface area contributed by atoms with E-state index in [1.807, 2.05) is 19.2 Å². The first kappa shape index (κ1) is 12.4. The molecule has 0 aliphatic carbocycles. The van der Waals surface area contributed by atoms with E-state index in [0.717, 1.165) is 11.4 Å². The second kappa shape index (κ2) is 6.01. The molecule has 1 aliphatic heterocycles. The van der Waals surface area contributed by atoms with Gasteiger partial charge in [0.2, 0.25) is 0 Å². The fraction of sp³-hybridized carbons (Fsp3) is 0.643. The monoisotopic (exact) mass is 233 g/mol. The molecule has 0 amide bonds. The van der Waals surface area contributed by atoms with E-state index in [9.17, 15) is 0 Å². The Hall–Kier alpha value is -1.09.